The highest BCUT2D eigenvalue weighted by molar-refractivity contribution is 6.35. The average Bonchev–Trinajstić information content (AvgIpc) is 1.97. The molecule has 60 valence electrons. The zero-order chi connectivity index (χ0) is 7.66. The summed E-state index contributed by atoms with van der Waals surface area (Å²) in [5, 5.41) is 0. The molecule has 0 unspecified atom stereocenters. The second kappa shape index (κ2) is 9.06. The molecule has 0 aromatic heterocycles. The molecule has 0 heterocycles. The lowest BCUT2D eigenvalue weighted by molar-refractivity contribution is 0.699. The van der Waals surface area contributed by atoms with Gasteiger partial charge in [0.2, 0.25) is 0 Å². The van der Waals surface area contributed by atoms with Crippen molar-refractivity contribution in [3.8, 4) is 0 Å². The van der Waals surface area contributed by atoms with Gasteiger partial charge in [0.25, 0.3) is 0 Å². The van der Waals surface area contributed by atoms with Gasteiger partial charge in [0.15, 0.2) is 0 Å². The summed E-state index contributed by atoms with van der Waals surface area (Å²) in [6.07, 6.45) is 10.0. The van der Waals surface area contributed by atoms with Crippen LogP contribution in [0.2, 0.25) is 12.6 Å². The van der Waals surface area contributed by atoms with E-state index in [9.17, 15) is 0 Å². The van der Waals surface area contributed by atoms with Gasteiger partial charge < -0.3 is 0 Å². The Kier molecular flexibility index (Phi) is 9.12. The van der Waals surface area contributed by atoms with Crippen LogP contribution in [0.15, 0.2) is 0 Å². The maximum atomic E-state index is 2.27. The van der Waals surface area contributed by atoms with Crippen molar-refractivity contribution in [3.63, 3.8) is 0 Å². The van der Waals surface area contributed by atoms with E-state index in [1.807, 2.05) is 0 Å². The van der Waals surface area contributed by atoms with Crippen LogP contribution in [0.4, 0.5) is 0 Å². The number of hydrogen-bond acceptors (Lipinski definition) is 0. The SMILES string of the molecule is CCCBCCCCCC. The molecule has 1 heteroatoms. The second-order valence-corrected chi connectivity index (χ2v) is 3.12. The lowest BCUT2D eigenvalue weighted by Gasteiger charge is -1.96. The Bertz CT molecular complexity index is 44.7. The van der Waals surface area contributed by atoms with Crippen molar-refractivity contribution in [1.82, 2.24) is 0 Å². The Morgan fingerprint density at radius 2 is 1.60 bits per heavy atom. The van der Waals surface area contributed by atoms with Crippen molar-refractivity contribution in [2.75, 3.05) is 0 Å². The molecule has 0 aliphatic rings. The van der Waals surface area contributed by atoms with E-state index in [1.54, 1.807) is 0 Å². The first-order valence-electron chi connectivity index (χ1n) is 4.91. The minimum Gasteiger partial charge on any atom is -0.0777 e. The first-order valence-corrected chi connectivity index (χ1v) is 4.91. The van der Waals surface area contributed by atoms with Gasteiger partial charge in [-0.3, -0.25) is 0 Å². The minimum atomic E-state index is 1.37. The van der Waals surface area contributed by atoms with Gasteiger partial charge in [-0.2, -0.15) is 0 Å². The summed E-state index contributed by atoms with van der Waals surface area (Å²) in [6.45, 7) is 4.54. The zero-order valence-corrected chi connectivity index (χ0v) is 7.66. The Morgan fingerprint density at radius 1 is 0.800 bits per heavy atom. The van der Waals surface area contributed by atoms with E-state index in [4.69, 9.17) is 0 Å². The van der Waals surface area contributed by atoms with Gasteiger partial charge >= 0.3 is 0 Å². The van der Waals surface area contributed by atoms with Crippen LogP contribution in [0.1, 0.15) is 46.0 Å². The van der Waals surface area contributed by atoms with Crippen molar-refractivity contribution in [2.45, 2.75) is 58.6 Å². The Labute approximate surface area is 66.6 Å². The molecule has 0 saturated heterocycles. The lowest BCUT2D eigenvalue weighted by atomic mass is 9.69. The smallest absolute Gasteiger partial charge is 0.0777 e. The van der Waals surface area contributed by atoms with Gasteiger partial charge in [-0.25, -0.2) is 0 Å². The molecule has 0 aliphatic carbocycles. The standard InChI is InChI=1S/C9H21B/c1-3-5-6-7-9-10-8-4-2/h10H,3-9H2,1-2H3. The fourth-order valence-electron chi connectivity index (χ4n) is 1.21. The van der Waals surface area contributed by atoms with Crippen molar-refractivity contribution < 1.29 is 0 Å². The van der Waals surface area contributed by atoms with Crippen LogP contribution in [-0.4, -0.2) is 7.28 Å². The van der Waals surface area contributed by atoms with Gasteiger partial charge in [0.05, 0.1) is 0 Å². The minimum absolute atomic E-state index is 1.37. The molecule has 0 aliphatic heterocycles. The average molecular weight is 140 g/mol. The molecule has 0 atom stereocenters. The summed E-state index contributed by atoms with van der Waals surface area (Å²) in [4.78, 5) is 0. The van der Waals surface area contributed by atoms with Crippen LogP contribution in [0.5, 0.6) is 0 Å². The third-order valence-electron chi connectivity index (χ3n) is 1.96. The fourth-order valence-corrected chi connectivity index (χ4v) is 1.21. The molecule has 0 bridgehead atoms. The highest BCUT2D eigenvalue weighted by atomic mass is 13.9. The highest BCUT2D eigenvalue weighted by Gasteiger charge is 1.89. The summed E-state index contributed by atoms with van der Waals surface area (Å²) in [5.74, 6) is 0. The summed E-state index contributed by atoms with van der Waals surface area (Å²) >= 11 is 0. The van der Waals surface area contributed by atoms with Gasteiger partial charge in [-0.05, 0) is 0 Å². The van der Waals surface area contributed by atoms with Gasteiger partial charge in [0, 0.05) is 0 Å². The van der Waals surface area contributed by atoms with Crippen LogP contribution in [0.3, 0.4) is 0 Å². The van der Waals surface area contributed by atoms with E-state index < -0.39 is 0 Å². The summed E-state index contributed by atoms with van der Waals surface area (Å²) in [7, 11) is 1.46. The Morgan fingerprint density at radius 3 is 2.20 bits per heavy atom. The predicted molar refractivity (Wildman–Crippen MR) is 51.2 cm³/mol. The molecule has 0 N–H and O–H groups in total. The third-order valence-corrected chi connectivity index (χ3v) is 1.96. The normalized spacial score (nSPS) is 9.80. The summed E-state index contributed by atoms with van der Waals surface area (Å²) in [6, 6.07) is 0. The summed E-state index contributed by atoms with van der Waals surface area (Å²) < 4.78 is 0. The van der Waals surface area contributed by atoms with Crippen molar-refractivity contribution in [1.29, 1.82) is 0 Å². The van der Waals surface area contributed by atoms with Crippen LogP contribution in [0, 0.1) is 0 Å². The Balaban J connectivity index is 2.65. The zero-order valence-electron chi connectivity index (χ0n) is 7.66. The molecular formula is C9H21B. The van der Waals surface area contributed by atoms with E-state index in [1.165, 1.54) is 52.0 Å². The van der Waals surface area contributed by atoms with E-state index in [0.717, 1.165) is 0 Å². The van der Waals surface area contributed by atoms with E-state index >= 15 is 0 Å². The molecule has 0 spiro atoms. The molecule has 0 fully saturated rings. The Hall–Kier alpha value is 0.0649. The second-order valence-electron chi connectivity index (χ2n) is 3.12. The van der Waals surface area contributed by atoms with Crippen molar-refractivity contribution in [2.24, 2.45) is 0 Å². The third kappa shape index (κ3) is 8.06. The molecule has 0 rings (SSSR count). The predicted octanol–water partition coefficient (Wildman–Crippen LogP) is 3.25. The van der Waals surface area contributed by atoms with Crippen LogP contribution in [0.25, 0.3) is 0 Å². The van der Waals surface area contributed by atoms with E-state index in [-0.39, 0.29) is 0 Å². The molecule has 0 aromatic rings. The summed E-state index contributed by atoms with van der Waals surface area (Å²) in [5.41, 5.74) is 0. The largest absolute Gasteiger partial charge is 0.120 e. The molecule has 0 nitrogen and oxygen atoms in total. The van der Waals surface area contributed by atoms with E-state index in [0.29, 0.717) is 0 Å². The van der Waals surface area contributed by atoms with Crippen molar-refractivity contribution >= 4 is 7.28 Å². The van der Waals surface area contributed by atoms with Crippen LogP contribution in [-0.2, 0) is 0 Å². The molecule has 10 heavy (non-hydrogen) atoms. The molecule has 0 amide bonds. The highest BCUT2D eigenvalue weighted by Crippen LogP contribution is 2.03. The lowest BCUT2D eigenvalue weighted by Crippen LogP contribution is -1.87. The monoisotopic (exact) mass is 140 g/mol. The quantitative estimate of drug-likeness (QED) is 0.376. The molecule has 0 radical (unpaired) electrons. The molecule has 0 saturated carbocycles. The number of hydrogen-bond donors (Lipinski definition) is 0. The first-order chi connectivity index (χ1) is 4.91. The van der Waals surface area contributed by atoms with Gasteiger partial charge in [0.1, 0.15) is 7.28 Å². The van der Waals surface area contributed by atoms with Gasteiger partial charge in [-0.1, -0.05) is 58.6 Å². The molecular weight excluding hydrogens is 119 g/mol. The maximum Gasteiger partial charge on any atom is 0.120 e. The van der Waals surface area contributed by atoms with Crippen LogP contribution >= 0.6 is 0 Å². The number of unbranched alkanes of at least 4 members (excludes halogenated alkanes) is 3. The molecule has 0 aromatic carbocycles. The van der Waals surface area contributed by atoms with Gasteiger partial charge in [-0.15, -0.1) is 0 Å². The fraction of sp³-hybridized carbons (Fsp3) is 1.00. The maximum absolute atomic E-state index is 2.27. The number of rotatable bonds is 7. The first kappa shape index (κ1) is 10.1. The van der Waals surface area contributed by atoms with Crippen LogP contribution < -0.4 is 0 Å². The van der Waals surface area contributed by atoms with E-state index in [2.05, 4.69) is 13.8 Å². The van der Waals surface area contributed by atoms with Crippen molar-refractivity contribution in [3.05, 3.63) is 0 Å². The topological polar surface area (TPSA) is 0 Å².